The summed E-state index contributed by atoms with van der Waals surface area (Å²) in [6.45, 7) is 3.39. The summed E-state index contributed by atoms with van der Waals surface area (Å²) in [5, 5.41) is 2.80. The van der Waals surface area contributed by atoms with E-state index in [0.29, 0.717) is 18.8 Å². The molecule has 0 aliphatic heterocycles. The first kappa shape index (κ1) is 17.1. The minimum Gasteiger partial charge on any atom is -0.468 e. The second-order valence-corrected chi connectivity index (χ2v) is 4.74. The predicted molar refractivity (Wildman–Crippen MR) is 81.7 cm³/mol. The second-order valence-electron chi connectivity index (χ2n) is 4.74. The number of hydrogen-bond acceptors (Lipinski definition) is 5. The van der Waals surface area contributed by atoms with E-state index in [-0.39, 0.29) is 25.0 Å². The molecule has 21 heavy (non-hydrogen) atoms. The Labute approximate surface area is 125 Å². The highest BCUT2D eigenvalue weighted by molar-refractivity contribution is 5.92. The Bertz CT molecular complexity index is 460. The third-order valence-corrected chi connectivity index (χ3v) is 2.96. The van der Waals surface area contributed by atoms with Crippen molar-refractivity contribution in [2.45, 2.75) is 19.9 Å². The van der Waals surface area contributed by atoms with Gasteiger partial charge in [-0.1, -0.05) is 19.1 Å². The van der Waals surface area contributed by atoms with Crippen LogP contribution in [-0.4, -0.2) is 43.5 Å². The number of esters is 1. The lowest BCUT2D eigenvalue weighted by Crippen LogP contribution is -2.37. The fourth-order valence-electron chi connectivity index (χ4n) is 1.91. The molecular formula is C15H23N3O3. The highest BCUT2D eigenvalue weighted by Crippen LogP contribution is 2.09. The zero-order valence-electron chi connectivity index (χ0n) is 12.6. The number of carbonyl (C=O) groups is 2. The largest absolute Gasteiger partial charge is 0.468 e. The number of nitrogens with two attached hydrogens (primary N) is 1. The first-order valence-electron chi connectivity index (χ1n) is 6.97. The molecular weight excluding hydrogens is 270 g/mol. The zero-order valence-corrected chi connectivity index (χ0v) is 12.6. The van der Waals surface area contributed by atoms with E-state index in [0.717, 1.165) is 12.0 Å². The topological polar surface area (TPSA) is 84.7 Å². The number of rotatable bonds is 8. The second kappa shape index (κ2) is 9.10. The van der Waals surface area contributed by atoms with E-state index in [1.807, 2.05) is 31.2 Å². The van der Waals surface area contributed by atoms with E-state index in [1.54, 1.807) is 4.90 Å². The number of amides is 1. The van der Waals surface area contributed by atoms with Gasteiger partial charge in [0, 0.05) is 12.2 Å². The molecule has 6 heteroatoms. The maximum absolute atomic E-state index is 12.0. The number of benzene rings is 1. The van der Waals surface area contributed by atoms with Crippen LogP contribution in [0.4, 0.5) is 5.69 Å². The summed E-state index contributed by atoms with van der Waals surface area (Å²) in [5.41, 5.74) is 7.24. The van der Waals surface area contributed by atoms with E-state index in [2.05, 4.69) is 10.1 Å². The van der Waals surface area contributed by atoms with E-state index < -0.39 is 0 Å². The lowest BCUT2D eigenvalue weighted by molar-refractivity contribution is -0.142. The van der Waals surface area contributed by atoms with Gasteiger partial charge >= 0.3 is 5.97 Å². The first-order valence-corrected chi connectivity index (χ1v) is 6.97. The van der Waals surface area contributed by atoms with Gasteiger partial charge in [0.25, 0.3) is 0 Å². The first-order chi connectivity index (χ1) is 10.1. The third kappa shape index (κ3) is 6.37. The molecule has 1 amide bonds. The van der Waals surface area contributed by atoms with Gasteiger partial charge in [-0.3, -0.25) is 14.5 Å². The number of methoxy groups -OCH3 is 1. The normalized spacial score (nSPS) is 10.5. The van der Waals surface area contributed by atoms with E-state index in [1.165, 1.54) is 7.11 Å². The zero-order chi connectivity index (χ0) is 15.7. The molecule has 0 fully saturated rings. The van der Waals surface area contributed by atoms with Crippen LogP contribution in [0.3, 0.4) is 0 Å². The Morgan fingerprint density at radius 1 is 1.24 bits per heavy atom. The molecule has 6 nitrogen and oxygen atoms in total. The third-order valence-electron chi connectivity index (χ3n) is 2.96. The number of hydrogen-bond donors (Lipinski definition) is 2. The van der Waals surface area contributed by atoms with Gasteiger partial charge in [0.2, 0.25) is 5.91 Å². The molecule has 0 unspecified atom stereocenters. The Morgan fingerprint density at radius 2 is 1.90 bits per heavy atom. The lowest BCUT2D eigenvalue weighted by Gasteiger charge is -2.19. The van der Waals surface area contributed by atoms with Crippen molar-refractivity contribution in [1.29, 1.82) is 0 Å². The van der Waals surface area contributed by atoms with Crippen molar-refractivity contribution in [2.75, 3.05) is 32.1 Å². The van der Waals surface area contributed by atoms with Gasteiger partial charge in [-0.15, -0.1) is 0 Å². The van der Waals surface area contributed by atoms with Gasteiger partial charge in [-0.25, -0.2) is 0 Å². The smallest absolute Gasteiger partial charge is 0.319 e. The van der Waals surface area contributed by atoms with Crippen LogP contribution < -0.4 is 11.1 Å². The van der Waals surface area contributed by atoms with Crippen molar-refractivity contribution in [2.24, 2.45) is 5.73 Å². The minimum absolute atomic E-state index is 0.115. The molecule has 0 spiro atoms. The minimum atomic E-state index is -0.344. The van der Waals surface area contributed by atoms with Crippen LogP contribution in [0.25, 0.3) is 0 Å². The van der Waals surface area contributed by atoms with Crippen LogP contribution in [0.5, 0.6) is 0 Å². The van der Waals surface area contributed by atoms with Crippen LogP contribution in [0.2, 0.25) is 0 Å². The maximum atomic E-state index is 12.0. The predicted octanol–water partition coefficient (Wildman–Crippen LogP) is 0.969. The molecule has 0 heterocycles. The molecule has 0 atom stereocenters. The molecule has 0 aliphatic rings. The van der Waals surface area contributed by atoms with Crippen molar-refractivity contribution in [3.05, 3.63) is 29.8 Å². The Hall–Kier alpha value is -1.92. The molecule has 0 bridgehead atoms. The van der Waals surface area contributed by atoms with E-state index in [9.17, 15) is 9.59 Å². The van der Waals surface area contributed by atoms with Crippen LogP contribution in [0.15, 0.2) is 24.3 Å². The SMILES string of the molecule is CCCN(CC(=O)Nc1ccc(CN)cc1)CC(=O)OC. The van der Waals surface area contributed by atoms with Gasteiger partial charge in [0.05, 0.1) is 20.2 Å². The van der Waals surface area contributed by atoms with Crippen molar-refractivity contribution < 1.29 is 14.3 Å². The molecule has 1 aromatic carbocycles. The summed E-state index contributed by atoms with van der Waals surface area (Å²) >= 11 is 0. The number of ether oxygens (including phenoxy) is 1. The average molecular weight is 293 g/mol. The molecule has 0 saturated heterocycles. The quantitative estimate of drug-likeness (QED) is 0.698. The summed E-state index contributed by atoms with van der Waals surface area (Å²) in [6.07, 6.45) is 0.857. The van der Waals surface area contributed by atoms with Crippen LogP contribution in [0, 0.1) is 0 Å². The van der Waals surface area contributed by atoms with Gasteiger partial charge in [0.1, 0.15) is 0 Å². The van der Waals surface area contributed by atoms with Crippen LogP contribution in [-0.2, 0) is 20.9 Å². The van der Waals surface area contributed by atoms with Crippen molar-refractivity contribution in [1.82, 2.24) is 4.90 Å². The average Bonchev–Trinajstić information content (AvgIpc) is 2.48. The fourth-order valence-corrected chi connectivity index (χ4v) is 1.91. The van der Waals surface area contributed by atoms with Gasteiger partial charge in [-0.2, -0.15) is 0 Å². The molecule has 0 aliphatic carbocycles. The monoisotopic (exact) mass is 293 g/mol. The van der Waals surface area contributed by atoms with E-state index in [4.69, 9.17) is 5.73 Å². The molecule has 0 saturated carbocycles. The van der Waals surface area contributed by atoms with Crippen LogP contribution >= 0.6 is 0 Å². The number of nitrogens with one attached hydrogen (secondary N) is 1. The fraction of sp³-hybridized carbons (Fsp3) is 0.467. The van der Waals surface area contributed by atoms with Crippen molar-refractivity contribution in [3.63, 3.8) is 0 Å². The Kier molecular flexibility index (Phi) is 7.42. The highest BCUT2D eigenvalue weighted by Gasteiger charge is 2.14. The molecule has 3 N–H and O–H groups in total. The standard InChI is InChI=1S/C15H23N3O3/c1-3-8-18(11-15(20)21-2)10-14(19)17-13-6-4-12(9-16)5-7-13/h4-7H,3,8-11,16H2,1-2H3,(H,17,19). The van der Waals surface area contributed by atoms with E-state index >= 15 is 0 Å². The Morgan fingerprint density at radius 3 is 2.43 bits per heavy atom. The summed E-state index contributed by atoms with van der Waals surface area (Å²) in [4.78, 5) is 25.1. The summed E-state index contributed by atoms with van der Waals surface area (Å²) in [7, 11) is 1.34. The number of nitrogens with zero attached hydrogens (tertiary/aromatic N) is 1. The molecule has 1 aromatic rings. The summed E-state index contributed by atoms with van der Waals surface area (Å²) in [6, 6.07) is 7.36. The van der Waals surface area contributed by atoms with Gasteiger partial charge < -0.3 is 15.8 Å². The van der Waals surface area contributed by atoms with Crippen molar-refractivity contribution >= 4 is 17.6 Å². The van der Waals surface area contributed by atoms with Gasteiger partial charge in [-0.05, 0) is 30.7 Å². The number of anilines is 1. The van der Waals surface area contributed by atoms with Crippen LogP contribution in [0.1, 0.15) is 18.9 Å². The lowest BCUT2D eigenvalue weighted by atomic mass is 10.2. The number of carbonyl (C=O) groups excluding carboxylic acids is 2. The van der Waals surface area contributed by atoms with Crippen molar-refractivity contribution in [3.8, 4) is 0 Å². The summed E-state index contributed by atoms with van der Waals surface area (Å²) < 4.78 is 4.63. The Balaban J connectivity index is 2.53. The molecule has 0 aromatic heterocycles. The molecule has 116 valence electrons. The summed E-state index contributed by atoms with van der Waals surface area (Å²) in [5.74, 6) is -0.503. The molecule has 1 rings (SSSR count). The maximum Gasteiger partial charge on any atom is 0.319 e. The van der Waals surface area contributed by atoms with Gasteiger partial charge in [0.15, 0.2) is 0 Å². The highest BCUT2D eigenvalue weighted by atomic mass is 16.5. The molecule has 0 radical (unpaired) electrons.